The van der Waals surface area contributed by atoms with Crippen molar-refractivity contribution in [2.75, 3.05) is 0 Å². The molecule has 0 fully saturated rings. The van der Waals surface area contributed by atoms with E-state index in [-0.39, 0.29) is 0 Å². The Balaban J connectivity index is 1.65. The second kappa shape index (κ2) is 10.1. The van der Waals surface area contributed by atoms with Crippen LogP contribution in [0.25, 0.3) is 0 Å². The van der Waals surface area contributed by atoms with Gasteiger partial charge in [0.25, 0.3) is 0 Å². The van der Waals surface area contributed by atoms with Crippen LogP contribution in [0.3, 0.4) is 0 Å². The number of pyridine rings is 2. The zero-order chi connectivity index (χ0) is 17.0. The molecular weight excluding hydrogens is 300 g/mol. The van der Waals surface area contributed by atoms with Crippen molar-refractivity contribution in [1.82, 2.24) is 20.8 Å². The van der Waals surface area contributed by atoms with Crippen molar-refractivity contribution in [2.24, 2.45) is 10.2 Å². The fourth-order valence-electron chi connectivity index (χ4n) is 2.01. The van der Waals surface area contributed by atoms with E-state index in [2.05, 4.69) is 31.0 Å². The third-order valence-electron chi connectivity index (χ3n) is 3.45. The molecule has 0 spiro atoms. The highest BCUT2D eigenvalue weighted by Crippen LogP contribution is 1.99. The molecule has 0 saturated carbocycles. The number of nitrogens with one attached hydrogen (secondary N) is 2. The lowest BCUT2D eigenvalue weighted by atomic mass is 10.2. The molecule has 0 aromatic carbocycles. The van der Waals surface area contributed by atoms with Crippen molar-refractivity contribution in [3.8, 4) is 0 Å². The second-order valence-corrected chi connectivity index (χ2v) is 5.57. The van der Waals surface area contributed by atoms with Crippen LogP contribution in [0.2, 0.25) is 0 Å². The Bertz CT molecular complexity index is 592. The molecule has 2 rings (SSSR count). The minimum atomic E-state index is 0.709. The van der Waals surface area contributed by atoms with Crippen molar-refractivity contribution in [3.05, 3.63) is 60.2 Å². The summed E-state index contributed by atoms with van der Waals surface area (Å²) in [6.07, 6.45) is 8.91. The lowest BCUT2D eigenvalue weighted by molar-refractivity contribution is 0.732. The Labute approximate surface area is 143 Å². The van der Waals surface area contributed by atoms with Crippen LogP contribution in [0, 0.1) is 0 Å². The van der Waals surface area contributed by atoms with E-state index in [9.17, 15) is 0 Å². The van der Waals surface area contributed by atoms with Crippen LogP contribution < -0.4 is 10.9 Å². The van der Waals surface area contributed by atoms with Gasteiger partial charge in [-0.1, -0.05) is 0 Å². The molecule has 0 bridgehead atoms. The van der Waals surface area contributed by atoms with E-state index >= 15 is 0 Å². The van der Waals surface area contributed by atoms with Gasteiger partial charge in [-0.05, 0) is 62.1 Å². The molecule has 0 amide bonds. The summed E-state index contributed by atoms with van der Waals surface area (Å²) in [7, 11) is 0. The van der Waals surface area contributed by atoms with Crippen molar-refractivity contribution in [2.45, 2.75) is 39.8 Å². The van der Waals surface area contributed by atoms with E-state index in [4.69, 9.17) is 0 Å². The maximum atomic E-state index is 4.38. The van der Waals surface area contributed by atoms with Gasteiger partial charge < -0.3 is 10.9 Å². The van der Waals surface area contributed by atoms with Gasteiger partial charge >= 0.3 is 0 Å². The minimum absolute atomic E-state index is 0.709. The fourth-order valence-corrected chi connectivity index (χ4v) is 2.01. The quantitative estimate of drug-likeness (QED) is 0.549. The van der Waals surface area contributed by atoms with E-state index < -0.39 is 0 Å². The third-order valence-corrected chi connectivity index (χ3v) is 3.45. The number of hydrazone groups is 2. The fraction of sp³-hybridized carbons (Fsp3) is 0.333. The van der Waals surface area contributed by atoms with Gasteiger partial charge in [0, 0.05) is 36.2 Å². The molecule has 126 valence electrons. The first-order chi connectivity index (χ1) is 11.7. The van der Waals surface area contributed by atoms with Crippen LogP contribution in [0.15, 0.2) is 59.3 Å². The maximum absolute atomic E-state index is 4.38. The lowest BCUT2D eigenvalue weighted by Gasteiger charge is -2.05. The number of hydrogen-bond acceptors (Lipinski definition) is 6. The predicted octanol–water partition coefficient (Wildman–Crippen LogP) is 2.89. The average molecular weight is 324 g/mol. The summed E-state index contributed by atoms with van der Waals surface area (Å²) in [6, 6.07) is 7.90. The molecule has 2 heterocycles. The first-order valence-electron chi connectivity index (χ1n) is 8.04. The van der Waals surface area contributed by atoms with Gasteiger partial charge in [-0.2, -0.15) is 10.2 Å². The highest BCUT2D eigenvalue weighted by molar-refractivity contribution is 5.89. The topological polar surface area (TPSA) is 74.6 Å². The Morgan fingerprint density at radius 2 is 1.12 bits per heavy atom. The second-order valence-electron chi connectivity index (χ2n) is 5.57. The van der Waals surface area contributed by atoms with Crippen LogP contribution >= 0.6 is 0 Å². The van der Waals surface area contributed by atoms with Gasteiger partial charge in [-0.15, -0.1) is 0 Å². The van der Waals surface area contributed by atoms with Gasteiger partial charge in [0.05, 0.1) is 13.1 Å². The first kappa shape index (κ1) is 17.6. The van der Waals surface area contributed by atoms with Crippen molar-refractivity contribution in [3.63, 3.8) is 0 Å². The summed E-state index contributed by atoms with van der Waals surface area (Å²) in [5, 5.41) is 8.77. The van der Waals surface area contributed by atoms with Gasteiger partial charge in [0.2, 0.25) is 0 Å². The van der Waals surface area contributed by atoms with Crippen LogP contribution in [0.5, 0.6) is 0 Å². The number of aromatic nitrogens is 2. The number of nitrogens with zero attached hydrogens (tertiary/aromatic N) is 4. The maximum Gasteiger partial charge on any atom is 0.0581 e. The Hall–Kier alpha value is -2.76. The molecule has 0 radical (unpaired) electrons. The van der Waals surface area contributed by atoms with E-state index in [1.54, 1.807) is 24.8 Å². The van der Waals surface area contributed by atoms with Gasteiger partial charge in [0.15, 0.2) is 0 Å². The highest BCUT2D eigenvalue weighted by Gasteiger charge is 1.97. The van der Waals surface area contributed by atoms with Gasteiger partial charge in [0.1, 0.15) is 0 Å². The van der Waals surface area contributed by atoms with Crippen LogP contribution in [-0.4, -0.2) is 21.4 Å². The van der Waals surface area contributed by atoms with E-state index in [1.807, 2.05) is 38.1 Å². The molecule has 0 unspecified atom stereocenters. The van der Waals surface area contributed by atoms with E-state index in [1.165, 1.54) is 11.1 Å². The summed E-state index contributed by atoms with van der Waals surface area (Å²) in [5.74, 6) is 0. The molecule has 0 atom stereocenters. The van der Waals surface area contributed by atoms with E-state index in [0.717, 1.165) is 24.3 Å². The Kier molecular flexibility index (Phi) is 7.40. The SMILES string of the molecule is CC(CCC(C)=NNCc1ccncc1)=NNCc1ccncc1. The van der Waals surface area contributed by atoms with E-state index in [0.29, 0.717) is 13.1 Å². The highest BCUT2D eigenvalue weighted by atomic mass is 15.3. The lowest BCUT2D eigenvalue weighted by Crippen LogP contribution is -2.11. The number of rotatable bonds is 9. The molecule has 0 aliphatic carbocycles. The summed E-state index contributed by atoms with van der Waals surface area (Å²) >= 11 is 0. The molecule has 0 aliphatic heterocycles. The van der Waals surface area contributed by atoms with Crippen molar-refractivity contribution < 1.29 is 0 Å². The zero-order valence-electron chi connectivity index (χ0n) is 14.2. The summed E-state index contributed by atoms with van der Waals surface area (Å²) in [5.41, 5.74) is 10.6. The van der Waals surface area contributed by atoms with Gasteiger partial charge in [-0.25, -0.2) is 0 Å². The van der Waals surface area contributed by atoms with Gasteiger partial charge in [-0.3, -0.25) is 9.97 Å². The molecule has 0 aliphatic rings. The Morgan fingerprint density at radius 3 is 1.50 bits per heavy atom. The minimum Gasteiger partial charge on any atom is -0.306 e. The van der Waals surface area contributed by atoms with Crippen LogP contribution in [0.1, 0.15) is 37.8 Å². The molecular formula is C18H24N6. The average Bonchev–Trinajstić information content (AvgIpc) is 2.62. The van der Waals surface area contributed by atoms with Crippen molar-refractivity contribution >= 4 is 11.4 Å². The van der Waals surface area contributed by atoms with Crippen LogP contribution in [-0.2, 0) is 13.1 Å². The molecule has 24 heavy (non-hydrogen) atoms. The predicted molar refractivity (Wildman–Crippen MR) is 97.6 cm³/mol. The normalized spacial score (nSPS) is 12.1. The molecule has 2 aromatic heterocycles. The summed E-state index contributed by atoms with van der Waals surface area (Å²) < 4.78 is 0. The standard InChI is InChI=1S/C18H24N6/c1-15(23-21-13-17-5-9-19-10-6-17)3-4-16(2)24-22-14-18-7-11-20-12-8-18/h5-12,21-22H,3-4,13-14H2,1-2H3. The molecule has 6 nitrogen and oxygen atoms in total. The van der Waals surface area contributed by atoms with Crippen LogP contribution in [0.4, 0.5) is 0 Å². The molecule has 6 heteroatoms. The first-order valence-corrected chi connectivity index (χ1v) is 8.04. The molecule has 2 aromatic rings. The largest absolute Gasteiger partial charge is 0.306 e. The molecule has 0 saturated heterocycles. The third kappa shape index (κ3) is 7.00. The monoisotopic (exact) mass is 324 g/mol. The summed E-state index contributed by atoms with van der Waals surface area (Å²) in [4.78, 5) is 7.99. The summed E-state index contributed by atoms with van der Waals surface area (Å²) in [6.45, 7) is 5.47. The molecule has 2 N–H and O–H groups in total. The van der Waals surface area contributed by atoms with Crippen molar-refractivity contribution in [1.29, 1.82) is 0 Å². The Morgan fingerprint density at radius 1 is 0.750 bits per heavy atom. The number of hydrogen-bond donors (Lipinski definition) is 2. The smallest absolute Gasteiger partial charge is 0.0581 e. The zero-order valence-corrected chi connectivity index (χ0v) is 14.2.